The van der Waals surface area contributed by atoms with E-state index in [-0.39, 0.29) is 18.1 Å². The van der Waals surface area contributed by atoms with Gasteiger partial charge in [0.15, 0.2) is 11.5 Å². The van der Waals surface area contributed by atoms with Gasteiger partial charge < -0.3 is 20.1 Å². The van der Waals surface area contributed by atoms with Gasteiger partial charge in [0.25, 0.3) is 5.91 Å². The molecule has 0 radical (unpaired) electrons. The van der Waals surface area contributed by atoms with Crippen LogP contribution in [0.15, 0.2) is 53.9 Å². The summed E-state index contributed by atoms with van der Waals surface area (Å²) < 4.78 is 5.68. The summed E-state index contributed by atoms with van der Waals surface area (Å²) in [6.45, 7) is 7.52. The fraction of sp³-hybridized carbons (Fsp3) is 0.429. The van der Waals surface area contributed by atoms with Crippen molar-refractivity contribution in [3.63, 3.8) is 0 Å². The van der Waals surface area contributed by atoms with Crippen LogP contribution in [0.5, 0.6) is 0 Å². The SMILES string of the molecule is C=C1CCN(C2(CC)NC(C(=O)O)=C(OCc3ccccc3)C(=O)N2C)CC1. The monoisotopic (exact) mass is 385 g/mol. The van der Waals surface area contributed by atoms with E-state index in [2.05, 4.69) is 16.8 Å². The molecule has 1 aromatic carbocycles. The topological polar surface area (TPSA) is 82.1 Å². The highest BCUT2D eigenvalue weighted by Gasteiger charge is 2.49. The second-order valence-electron chi connectivity index (χ2n) is 7.18. The molecule has 3 rings (SSSR count). The van der Waals surface area contributed by atoms with E-state index in [1.165, 1.54) is 5.57 Å². The smallest absolute Gasteiger partial charge is 0.356 e. The van der Waals surface area contributed by atoms with E-state index in [1.807, 2.05) is 37.3 Å². The van der Waals surface area contributed by atoms with Crippen LogP contribution in [0, 0.1) is 0 Å². The lowest BCUT2D eigenvalue weighted by molar-refractivity contribution is -0.158. The number of nitrogens with zero attached hydrogens (tertiary/aromatic N) is 2. The number of carboxylic acids is 1. The maximum atomic E-state index is 13.1. The van der Waals surface area contributed by atoms with E-state index in [0.717, 1.165) is 18.4 Å². The second kappa shape index (κ2) is 8.06. The maximum Gasteiger partial charge on any atom is 0.356 e. The second-order valence-corrected chi connectivity index (χ2v) is 7.18. The van der Waals surface area contributed by atoms with Crippen LogP contribution in [-0.4, -0.2) is 52.7 Å². The van der Waals surface area contributed by atoms with Gasteiger partial charge in [0.1, 0.15) is 6.61 Å². The van der Waals surface area contributed by atoms with Crippen molar-refractivity contribution in [2.24, 2.45) is 0 Å². The van der Waals surface area contributed by atoms with Crippen molar-refractivity contribution in [3.05, 3.63) is 59.5 Å². The van der Waals surface area contributed by atoms with E-state index in [0.29, 0.717) is 19.5 Å². The van der Waals surface area contributed by atoms with Gasteiger partial charge in [-0.1, -0.05) is 49.4 Å². The standard InChI is InChI=1S/C21H27N3O4/c1-4-21(24-12-10-15(2)11-13-24)22-17(20(26)27)18(19(25)23(21)3)28-14-16-8-6-5-7-9-16/h5-9,22H,2,4,10-14H2,1,3H3,(H,26,27). The summed E-state index contributed by atoms with van der Waals surface area (Å²) in [4.78, 5) is 28.8. The van der Waals surface area contributed by atoms with Crippen LogP contribution in [-0.2, 0) is 20.9 Å². The molecule has 0 saturated carbocycles. The van der Waals surface area contributed by atoms with Crippen LogP contribution in [0.1, 0.15) is 31.7 Å². The summed E-state index contributed by atoms with van der Waals surface area (Å²) >= 11 is 0. The van der Waals surface area contributed by atoms with E-state index in [9.17, 15) is 14.7 Å². The first-order valence-corrected chi connectivity index (χ1v) is 9.51. The minimum Gasteiger partial charge on any atom is -0.481 e. The van der Waals surface area contributed by atoms with Crippen molar-refractivity contribution in [2.75, 3.05) is 20.1 Å². The van der Waals surface area contributed by atoms with Gasteiger partial charge in [-0.05, 0) is 18.4 Å². The first-order chi connectivity index (χ1) is 13.4. The van der Waals surface area contributed by atoms with Crippen molar-refractivity contribution in [2.45, 2.75) is 38.6 Å². The number of likely N-dealkylation sites (tertiary alicyclic amines) is 1. The Morgan fingerprint density at radius 3 is 2.50 bits per heavy atom. The number of carbonyl (C=O) groups excluding carboxylic acids is 1. The summed E-state index contributed by atoms with van der Waals surface area (Å²) in [6.07, 6.45) is 2.19. The number of hydrogen-bond donors (Lipinski definition) is 2. The molecule has 0 spiro atoms. The zero-order valence-electron chi connectivity index (χ0n) is 16.4. The summed E-state index contributed by atoms with van der Waals surface area (Å²) in [5, 5.41) is 12.9. The fourth-order valence-corrected chi connectivity index (χ4v) is 3.82. The molecule has 2 aliphatic heterocycles. The highest BCUT2D eigenvalue weighted by atomic mass is 16.5. The number of piperidine rings is 1. The first kappa shape index (κ1) is 19.9. The van der Waals surface area contributed by atoms with Crippen LogP contribution < -0.4 is 5.32 Å². The predicted octanol–water partition coefficient (Wildman–Crippen LogP) is 2.28. The number of amides is 1. The lowest BCUT2D eigenvalue weighted by atomic mass is 10.0. The Bertz CT molecular complexity index is 795. The van der Waals surface area contributed by atoms with E-state index in [4.69, 9.17) is 4.74 Å². The molecule has 1 atom stereocenters. The van der Waals surface area contributed by atoms with Gasteiger partial charge in [-0.3, -0.25) is 9.69 Å². The molecule has 1 fully saturated rings. The Balaban J connectivity index is 1.91. The normalized spacial score (nSPS) is 23.6. The number of benzene rings is 1. The zero-order chi connectivity index (χ0) is 20.3. The molecule has 28 heavy (non-hydrogen) atoms. The third-order valence-corrected chi connectivity index (χ3v) is 5.53. The molecule has 1 saturated heterocycles. The van der Waals surface area contributed by atoms with Crippen LogP contribution in [0.2, 0.25) is 0 Å². The molecule has 7 heteroatoms. The number of nitrogens with one attached hydrogen (secondary N) is 1. The van der Waals surface area contributed by atoms with Crippen molar-refractivity contribution in [3.8, 4) is 0 Å². The van der Waals surface area contributed by atoms with Crippen LogP contribution in [0.4, 0.5) is 0 Å². The molecular formula is C21H27N3O4. The number of ether oxygens (including phenoxy) is 1. The Hall–Kier alpha value is -2.80. The van der Waals surface area contributed by atoms with E-state index in [1.54, 1.807) is 11.9 Å². The van der Waals surface area contributed by atoms with Gasteiger partial charge in [0.2, 0.25) is 5.76 Å². The molecule has 7 nitrogen and oxygen atoms in total. The lowest BCUT2D eigenvalue weighted by Crippen LogP contribution is -2.72. The number of carboxylic acid groups (broad SMARTS) is 1. The predicted molar refractivity (Wildman–Crippen MR) is 105 cm³/mol. The molecule has 2 aliphatic rings. The van der Waals surface area contributed by atoms with Crippen LogP contribution >= 0.6 is 0 Å². The zero-order valence-corrected chi connectivity index (χ0v) is 16.4. The van der Waals surface area contributed by atoms with Crippen molar-refractivity contribution in [1.29, 1.82) is 0 Å². The first-order valence-electron chi connectivity index (χ1n) is 9.51. The lowest BCUT2D eigenvalue weighted by Gasteiger charge is -2.53. The van der Waals surface area contributed by atoms with Crippen LogP contribution in [0.3, 0.4) is 0 Å². The maximum absolute atomic E-state index is 13.1. The molecular weight excluding hydrogens is 358 g/mol. The molecule has 0 aromatic heterocycles. The third-order valence-electron chi connectivity index (χ3n) is 5.53. The number of carbonyl (C=O) groups is 2. The highest BCUT2D eigenvalue weighted by molar-refractivity contribution is 6.02. The molecule has 0 bridgehead atoms. The quantitative estimate of drug-likeness (QED) is 0.731. The summed E-state index contributed by atoms with van der Waals surface area (Å²) in [5.41, 5.74) is 1.84. The molecule has 1 aromatic rings. The van der Waals surface area contributed by atoms with Gasteiger partial charge in [-0.25, -0.2) is 4.79 Å². The number of aliphatic carboxylic acids is 1. The Morgan fingerprint density at radius 2 is 1.93 bits per heavy atom. The number of likely N-dealkylation sites (N-methyl/N-ethyl adjacent to an activating group) is 1. The molecule has 2 heterocycles. The van der Waals surface area contributed by atoms with E-state index >= 15 is 0 Å². The van der Waals surface area contributed by atoms with Gasteiger partial charge >= 0.3 is 5.97 Å². The van der Waals surface area contributed by atoms with Gasteiger partial charge in [-0.15, -0.1) is 0 Å². The molecule has 1 unspecified atom stereocenters. The Morgan fingerprint density at radius 1 is 1.29 bits per heavy atom. The molecule has 2 N–H and O–H groups in total. The summed E-state index contributed by atoms with van der Waals surface area (Å²) in [7, 11) is 1.69. The summed E-state index contributed by atoms with van der Waals surface area (Å²) in [5.74, 6) is -2.70. The third kappa shape index (κ3) is 3.62. The fourth-order valence-electron chi connectivity index (χ4n) is 3.82. The van der Waals surface area contributed by atoms with E-state index < -0.39 is 17.7 Å². The largest absolute Gasteiger partial charge is 0.481 e. The Kier molecular flexibility index (Phi) is 5.74. The molecule has 0 aliphatic carbocycles. The van der Waals surface area contributed by atoms with Crippen molar-refractivity contribution < 1.29 is 19.4 Å². The minimum atomic E-state index is -1.20. The van der Waals surface area contributed by atoms with Crippen molar-refractivity contribution in [1.82, 2.24) is 15.1 Å². The molecule has 150 valence electrons. The van der Waals surface area contributed by atoms with Gasteiger partial charge in [0, 0.05) is 26.6 Å². The average molecular weight is 385 g/mol. The summed E-state index contributed by atoms with van der Waals surface area (Å²) in [6, 6.07) is 9.34. The minimum absolute atomic E-state index is 0.122. The highest BCUT2D eigenvalue weighted by Crippen LogP contribution is 2.32. The Labute approximate surface area is 165 Å². The van der Waals surface area contributed by atoms with Gasteiger partial charge in [-0.2, -0.15) is 0 Å². The number of rotatable bonds is 6. The average Bonchev–Trinajstić information content (AvgIpc) is 2.70. The molecule has 1 amide bonds. The number of hydrogen-bond acceptors (Lipinski definition) is 5. The van der Waals surface area contributed by atoms with Crippen LogP contribution in [0.25, 0.3) is 0 Å². The van der Waals surface area contributed by atoms with Crippen molar-refractivity contribution >= 4 is 11.9 Å². The van der Waals surface area contributed by atoms with Gasteiger partial charge in [0.05, 0.1) is 0 Å².